The van der Waals surface area contributed by atoms with Crippen LogP contribution in [0.15, 0.2) is 41.3 Å². The largest absolute Gasteiger partial charge is 0.496 e. The molecule has 0 saturated carbocycles. The highest BCUT2D eigenvalue weighted by Gasteiger charge is 2.36. The quantitative estimate of drug-likeness (QED) is 0.248. The molecule has 2 aromatic rings. The predicted molar refractivity (Wildman–Crippen MR) is 139 cm³/mol. The number of hydrogen-bond acceptors (Lipinski definition) is 7. The molecule has 1 aliphatic rings. The van der Waals surface area contributed by atoms with Gasteiger partial charge in [-0.25, -0.2) is 4.79 Å². The van der Waals surface area contributed by atoms with Gasteiger partial charge in [0.05, 0.1) is 32.8 Å². The van der Waals surface area contributed by atoms with E-state index in [0.29, 0.717) is 12.2 Å². The van der Waals surface area contributed by atoms with Crippen molar-refractivity contribution in [2.45, 2.75) is 13.3 Å². The third-order valence-electron chi connectivity index (χ3n) is 4.56. The number of thioether (sulfide) groups is 1. The third kappa shape index (κ3) is 6.30. The number of ether oxygens (including phenoxy) is 2. The molecular formula is C23H20ClIN2O6S. The molecular weight excluding hydrogens is 595 g/mol. The van der Waals surface area contributed by atoms with E-state index in [2.05, 4.69) is 27.9 Å². The Hall–Kier alpha value is -2.57. The second-order valence-corrected chi connectivity index (χ2v) is 9.60. The number of carbonyl (C=O) groups excluding carboxylic acids is 4. The van der Waals surface area contributed by atoms with E-state index in [1.807, 2.05) is 13.0 Å². The van der Waals surface area contributed by atoms with E-state index in [9.17, 15) is 19.2 Å². The van der Waals surface area contributed by atoms with Crippen molar-refractivity contribution in [2.75, 3.05) is 25.6 Å². The lowest BCUT2D eigenvalue weighted by Crippen LogP contribution is -2.36. The topological polar surface area (TPSA) is 102 Å². The Kier molecular flexibility index (Phi) is 8.97. The zero-order valence-corrected chi connectivity index (χ0v) is 22.0. The Balaban J connectivity index is 1.68. The first-order chi connectivity index (χ1) is 16.2. The van der Waals surface area contributed by atoms with Crippen LogP contribution in [0.2, 0.25) is 5.02 Å². The zero-order valence-electron chi connectivity index (χ0n) is 18.2. The minimum absolute atomic E-state index is 0.108. The SMILES string of the molecule is CCCOC(=O)c1cc(NC(=O)CN2C(=O)S/C(=C\c3ccc(OC)c(I)c3)C2=O)ccc1Cl. The van der Waals surface area contributed by atoms with Gasteiger partial charge >= 0.3 is 5.97 Å². The highest BCUT2D eigenvalue weighted by molar-refractivity contribution is 14.1. The summed E-state index contributed by atoms with van der Waals surface area (Å²) in [7, 11) is 1.57. The Morgan fingerprint density at radius 1 is 1.21 bits per heavy atom. The molecule has 1 N–H and O–H groups in total. The molecule has 0 radical (unpaired) electrons. The predicted octanol–water partition coefficient (Wildman–Crippen LogP) is 5.20. The molecule has 11 heteroatoms. The number of hydrogen-bond donors (Lipinski definition) is 1. The van der Waals surface area contributed by atoms with Crippen LogP contribution in [-0.4, -0.2) is 48.2 Å². The van der Waals surface area contributed by atoms with Gasteiger partial charge in [0.1, 0.15) is 12.3 Å². The maximum atomic E-state index is 12.7. The summed E-state index contributed by atoms with van der Waals surface area (Å²) in [4.78, 5) is 50.9. The van der Waals surface area contributed by atoms with Gasteiger partial charge in [-0.1, -0.05) is 24.6 Å². The molecule has 1 fully saturated rings. The Morgan fingerprint density at radius 2 is 1.97 bits per heavy atom. The van der Waals surface area contributed by atoms with E-state index < -0.39 is 29.6 Å². The second-order valence-electron chi connectivity index (χ2n) is 7.04. The van der Waals surface area contributed by atoms with Crippen LogP contribution in [0.5, 0.6) is 5.75 Å². The van der Waals surface area contributed by atoms with Crippen LogP contribution < -0.4 is 10.1 Å². The lowest BCUT2D eigenvalue weighted by atomic mass is 10.2. The van der Waals surface area contributed by atoms with Crippen LogP contribution in [0.25, 0.3) is 6.08 Å². The normalized spacial score (nSPS) is 14.5. The van der Waals surface area contributed by atoms with Crippen LogP contribution in [-0.2, 0) is 14.3 Å². The molecule has 0 aromatic heterocycles. The maximum Gasteiger partial charge on any atom is 0.339 e. The van der Waals surface area contributed by atoms with E-state index in [1.54, 1.807) is 25.3 Å². The van der Waals surface area contributed by atoms with Gasteiger partial charge in [-0.15, -0.1) is 0 Å². The number of carbonyl (C=O) groups is 4. The molecule has 0 bridgehead atoms. The fourth-order valence-corrected chi connectivity index (χ4v) is 4.73. The monoisotopic (exact) mass is 614 g/mol. The number of esters is 1. The summed E-state index contributed by atoms with van der Waals surface area (Å²) in [6.45, 7) is 1.64. The van der Waals surface area contributed by atoms with Crippen LogP contribution in [0.1, 0.15) is 29.3 Å². The minimum atomic E-state index is -0.604. The zero-order chi connectivity index (χ0) is 24.8. The average molecular weight is 615 g/mol. The van der Waals surface area contributed by atoms with Gasteiger partial charge in [0, 0.05) is 5.69 Å². The molecule has 1 saturated heterocycles. The Morgan fingerprint density at radius 3 is 2.65 bits per heavy atom. The number of imide groups is 1. The van der Waals surface area contributed by atoms with Crippen molar-refractivity contribution >= 4 is 80.7 Å². The third-order valence-corrected chi connectivity index (χ3v) is 6.64. The lowest BCUT2D eigenvalue weighted by Gasteiger charge is -2.13. The van der Waals surface area contributed by atoms with Crippen LogP contribution >= 0.6 is 46.0 Å². The fourth-order valence-electron chi connectivity index (χ4n) is 2.94. The highest BCUT2D eigenvalue weighted by atomic mass is 127. The van der Waals surface area contributed by atoms with Crippen molar-refractivity contribution < 1.29 is 28.7 Å². The molecule has 1 aliphatic heterocycles. The molecule has 0 atom stereocenters. The van der Waals surface area contributed by atoms with Gasteiger partial charge < -0.3 is 14.8 Å². The smallest absolute Gasteiger partial charge is 0.339 e. The maximum absolute atomic E-state index is 12.7. The number of nitrogens with one attached hydrogen (secondary N) is 1. The van der Waals surface area contributed by atoms with Gasteiger partial charge in [-0.2, -0.15) is 0 Å². The van der Waals surface area contributed by atoms with Gasteiger partial charge in [-0.05, 0) is 82.7 Å². The number of methoxy groups -OCH3 is 1. The van der Waals surface area contributed by atoms with Crippen molar-refractivity contribution in [3.63, 3.8) is 0 Å². The molecule has 0 unspecified atom stereocenters. The van der Waals surface area contributed by atoms with Gasteiger partial charge in [0.25, 0.3) is 11.1 Å². The van der Waals surface area contributed by atoms with Crippen LogP contribution in [0.4, 0.5) is 10.5 Å². The first-order valence-electron chi connectivity index (χ1n) is 10.1. The molecule has 0 aliphatic carbocycles. The van der Waals surface area contributed by atoms with Gasteiger partial charge in [-0.3, -0.25) is 19.3 Å². The summed E-state index contributed by atoms with van der Waals surface area (Å²) in [6, 6.07) is 9.71. The molecule has 3 amide bonds. The Labute approximate surface area is 219 Å². The molecule has 1 heterocycles. The molecule has 178 valence electrons. The summed E-state index contributed by atoms with van der Waals surface area (Å²) in [6.07, 6.45) is 2.25. The number of rotatable bonds is 8. The first kappa shape index (κ1) is 26.0. The fraction of sp³-hybridized carbons (Fsp3) is 0.217. The van der Waals surface area contributed by atoms with Gasteiger partial charge in [0.15, 0.2) is 0 Å². The average Bonchev–Trinajstić information content (AvgIpc) is 3.06. The summed E-state index contributed by atoms with van der Waals surface area (Å²) in [5, 5.41) is 2.22. The summed E-state index contributed by atoms with van der Waals surface area (Å²) in [5.41, 5.74) is 1.12. The van der Waals surface area contributed by atoms with Gasteiger partial charge in [0.2, 0.25) is 5.91 Å². The number of amides is 3. The van der Waals surface area contributed by atoms with Crippen molar-refractivity contribution in [1.29, 1.82) is 0 Å². The minimum Gasteiger partial charge on any atom is -0.496 e. The van der Waals surface area contributed by atoms with E-state index in [4.69, 9.17) is 21.1 Å². The van der Waals surface area contributed by atoms with Crippen LogP contribution in [0, 0.1) is 3.57 Å². The molecule has 0 spiro atoms. The summed E-state index contributed by atoms with van der Waals surface area (Å²) >= 11 is 8.94. The van der Waals surface area contributed by atoms with Crippen molar-refractivity contribution in [3.8, 4) is 5.75 Å². The molecule has 2 aromatic carbocycles. The van der Waals surface area contributed by atoms with Crippen molar-refractivity contribution in [1.82, 2.24) is 4.90 Å². The van der Waals surface area contributed by atoms with E-state index in [1.165, 1.54) is 18.2 Å². The number of nitrogens with zero attached hydrogens (tertiary/aromatic N) is 1. The number of halogens is 2. The lowest BCUT2D eigenvalue weighted by molar-refractivity contribution is -0.127. The van der Waals surface area contributed by atoms with E-state index >= 15 is 0 Å². The number of anilines is 1. The second kappa shape index (κ2) is 11.7. The standard InChI is InChI=1S/C23H20ClIN2O6S/c1-3-8-33-22(30)15-11-14(5-6-16(15)24)26-20(28)12-27-21(29)19(34-23(27)31)10-13-4-7-18(32-2)17(25)9-13/h4-7,9-11H,3,8,12H2,1-2H3,(H,26,28)/b19-10-. The number of benzene rings is 2. The summed E-state index contributed by atoms with van der Waals surface area (Å²) < 4.78 is 11.2. The molecule has 34 heavy (non-hydrogen) atoms. The molecule has 8 nitrogen and oxygen atoms in total. The first-order valence-corrected chi connectivity index (χ1v) is 12.4. The van der Waals surface area contributed by atoms with Crippen molar-refractivity contribution in [2.24, 2.45) is 0 Å². The van der Waals surface area contributed by atoms with Crippen LogP contribution in [0.3, 0.4) is 0 Å². The highest BCUT2D eigenvalue weighted by Crippen LogP contribution is 2.33. The summed E-state index contributed by atoms with van der Waals surface area (Å²) in [5.74, 6) is -1.06. The van der Waals surface area contributed by atoms with E-state index in [-0.39, 0.29) is 27.8 Å². The Bertz CT molecular complexity index is 1190. The van der Waals surface area contributed by atoms with E-state index in [0.717, 1.165) is 25.8 Å². The van der Waals surface area contributed by atoms with Crippen molar-refractivity contribution in [3.05, 3.63) is 61.0 Å². The molecule has 3 rings (SSSR count).